The van der Waals surface area contributed by atoms with Gasteiger partial charge in [0.05, 0.1) is 4.92 Å². The summed E-state index contributed by atoms with van der Waals surface area (Å²) < 4.78 is 5.18. The molecule has 2 aromatic carbocycles. The second-order valence-electron chi connectivity index (χ2n) is 5.74. The lowest BCUT2D eigenvalue weighted by Crippen LogP contribution is -2.24. The SMILES string of the molecule is C[C@@H](NC(=O)/C=C/c1ccccc1)c1nc(-c2cccc([N+](=O)[O-])c2)no1. The predicted octanol–water partition coefficient (Wildman–Crippen LogP) is 3.54. The molecule has 0 bridgehead atoms. The first-order valence-corrected chi connectivity index (χ1v) is 8.15. The van der Waals surface area contributed by atoms with Crippen LogP contribution in [0.25, 0.3) is 17.5 Å². The Morgan fingerprint density at radius 2 is 2.00 bits per heavy atom. The maximum absolute atomic E-state index is 12.0. The van der Waals surface area contributed by atoms with Crippen molar-refractivity contribution in [3.05, 3.63) is 82.2 Å². The van der Waals surface area contributed by atoms with Crippen LogP contribution in [-0.4, -0.2) is 21.0 Å². The number of aromatic nitrogens is 2. The summed E-state index contributed by atoms with van der Waals surface area (Å²) in [7, 11) is 0. The van der Waals surface area contributed by atoms with Crippen molar-refractivity contribution in [2.75, 3.05) is 0 Å². The first-order chi connectivity index (χ1) is 13.0. The molecule has 27 heavy (non-hydrogen) atoms. The summed E-state index contributed by atoms with van der Waals surface area (Å²) in [6.07, 6.45) is 3.12. The van der Waals surface area contributed by atoms with Gasteiger partial charge in [-0.15, -0.1) is 0 Å². The number of nitrogens with zero attached hydrogens (tertiary/aromatic N) is 3. The van der Waals surface area contributed by atoms with E-state index in [-0.39, 0.29) is 23.3 Å². The van der Waals surface area contributed by atoms with E-state index in [4.69, 9.17) is 4.52 Å². The summed E-state index contributed by atoms with van der Waals surface area (Å²) in [5.41, 5.74) is 1.30. The number of rotatable bonds is 6. The highest BCUT2D eigenvalue weighted by Crippen LogP contribution is 2.22. The Kier molecular flexibility index (Phi) is 5.36. The van der Waals surface area contributed by atoms with Gasteiger partial charge in [-0.2, -0.15) is 4.98 Å². The molecule has 3 rings (SSSR count). The van der Waals surface area contributed by atoms with Crippen LogP contribution in [0, 0.1) is 10.1 Å². The van der Waals surface area contributed by atoms with Gasteiger partial charge in [0.15, 0.2) is 0 Å². The average molecular weight is 364 g/mol. The van der Waals surface area contributed by atoms with E-state index in [1.54, 1.807) is 25.1 Å². The van der Waals surface area contributed by atoms with Gasteiger partial charge < -0.3 is 9.84 Å². The third-order valence-electron chi connectivity index (χ3n) is 3.71. The lowest BCUT2D eigenvalue weighted by Gasteiger charge is -2.06. The van der Waals surface area contributed by atoms with Crippen LogP contribution < -0.4 is 5.32 Å². The molecule has 0 spiro atoms. The molecular formula is C19H16N4O4. The molecule has 0 fully saturated rings. The van der Waals surface area contributed by atoms with Gasteiger partial charge >= 0.3 is 0 Å². The van der Waals surface area contributed by atoms with Gasteiger partial charge in [0, 0.05) is 23.8 Å². The summed E-state index contributed by atoms with van der Waals surface area (Å²) in [4.78, 5) is 26.6. The van der Waals surface area contributed by atoms with Crippen molar-refractivity contribution < 1.29 is 14.2 Å². The van der Waals surface area contributed by atoms with Crippen molar-refractivity contribution in [1.29, 1.82) is 0 Å². The minimum absolute atomic E-state index is 0.0637. The Hall–Kier alpha value is -3.81. The summed E-state index contributed by atoms with van der Waals surface area (Å²) >= 11 is 0. The van der Waals surface area contributed by atoms with Crippen LogP contribution >= 0.6 is 0 Å². The molecule has 1 heterocycles. The molecule has 8 heteroatoms. The Morgan fingerprint density at radius 3 is 2.74 bits per heavy atom. The number of non-ortho nitro benzene ring substituents is 1. The smallest absolute Gasteiger partial charge is 0.270 e. The molecule has 0 unspecified atom stereocenters. The van der Waals surface area contributed by atoms with Crippen molar-refractivity contribution in [1.82, 2.24) is 15.5 Å². The fourth-order valence-electron chi connectivity index (χ4n) is 2.35. The number of carbonyl (C=O) groups is 1. The molecule has 0 saturated heterocycles. The standard InChI is InChI=1S/C19H16N4O4/c1-13(20-17(24)11-10-14-6-3-2-4-7-14)19-21-18(22-27-19)15-8-5-9-16(12-15)23(25)26/h2-13H,1H3,(H,20,24)/b11-10+/t13-/m1/s1. The molecule has 1 N–H and O–H groups in total. The predicted molar refractivity (Wildman–Crippen MR) is 98.4 cm³/mol. The first kappa shape index (κ1) is 18.0. The molecule has 1 aromatic heterocycles. The van der Waals surface area contributed by atoms with E-state index >= 15 is 0 Å². The maximum Gasteiger partial charge on any atom is 0.270 e. The number of amides is 1. The molecule has 0 radical (unpaired) electrons. The van der Waals surface area contributed by atoms with Gasteiger partial charge in [0.25, 0.3) is 5.69 Å². The van der Waals surface area contributed by atoms with E-state index in [0.717, 1.165) is 5.56 Å². The zero-order valence-corrected chi connectivity index (χ0v) is 14.4. The topological polar surface area (TPSA) is 111 Å². The normalized spacial score (nSPS) is 12.0. The van der Waals surface area contributed by atoms with Crippen LogP contribution in [0.1, 0.15) is 24.4 Å². The summed E-state index contributed by atoms with van der Waals surface area (Å²) in [5, 5.41) is 17.4. The largest absolute Gasteiger partial charge is 0.341 e. The van der Waals surface area contributed by atoms with Crippen LogP contribution in [0.3, 0.4) is 0 Å². The highest BCUT2D eigenvalue weighted by atomic mass is 16.6. The van der Waals surface area contributed by atoms with E-state index in [0.29, 0.717) is 5.56 Å². The van der Waals surface area contributed by atoms with Crippen molar-refractivity contribution in [2.45, 2.75) is 13.0 Å². The molecule has 0 aliphatic heterocycles. The van der Waals surface area contributed by atoms with E-state index in [9.17, 15) is 14.9 Å². The summed E-state index contributed by atoms with van der Waals surface area (Å²) in [5.74, 6) is 0.119. The van der Waals surface area contributed by atoms with E-state index in [1.807, 2.05) is 30.3 Å². The number of carbonyl (C=O) groups excluding carboxylic acids is 1. The van der Waals surface area contributed by atoms with Crippen LogP contribution in [-0.2, 0) is 4.79 Å². The average Bonchev–Trinajstić information content (AvgIpc) is 3.18. The minimum Gasteiger partial charge on any atom is -0.341 e. The van der Waals surface area contributed by atoms with Crippen LogP contribution in [0.2, 0.25) is 0 Å². The molecule has 0 saturated carbocycles. The Morgan fingerprint density at radius 1 is 1.22 bits per heavy atom. The lowest BCUT2D eigenvalue weighted by atomic mass is 10.2. The van der Waals surface area contributed by atoms with Gasteiger partial charge in [-0.05, 0) is 18.6 Å². The van der Waals surface area contributed by atoms with Crippen molar-refractivity contribution >= 4 is 17.7 Å². The summed E-state index contributed by atoms with van der Waals surface area (Å²) in [6.45, 7) is 1.71. The fourth-order valence-corrected chi connectivity index (χ4v) is 2.35. The van der Waals surface area contributed by atoms with Crippen LogP contribution in [0.4, 0.5) is 5.69 Å². The third kappa shape index (κ3) is 4.63. The molecular weight excluding hydrogens is 348 g/mol. The summed E-state index contributed by atoms with van der Waals surface area (Å²) in [6, 6.07) is 14.9. The lowest BCUT2D eigenvalue weighted by molar-refractivity contribution is -0.384. The Labute approximate surface area is 154 Å². The fraction of sp³-hybridized carbons (Fsp3) is 0.105. The number of nitro groups is 1. The number of nitro benzene ring substituents is 1. The highest BCUT2D eigenvalue weighted by molar-refractivity contribution is 5.91. The van der Waals surface area contributed by atoms with Crippen LogP contribution in [0.5, 0.6) is 0 Å². The van der Waals surface area contributed by atoms with E-state index in [1.165, 1.54) is 18.2 Å². The zero-order chi connectivity index (χ0) is 19.2. The van der Waals surface area contributed by atoms with Crippen molar-refractivity contribution in [3.8, 4) is 11.4 Å². The van der Waals surface area contributed by atoms with E-state index < -0.39 is 11.0 Å². The Balaban J connectivity index is 1.67. The Bertz CT molecular complexity index is 982. The number of nitrogens with one attached hydrogen (secondary N) is 1. The molecule has 1 atom stereocenters. The molecule has 3 aromatic rings. The number of benzene rings is 2. The molecule has 8 nitrogen and oxygen atoms in total. The van der Waals surface area contributed by atoms with Gasteiger partial charge in [-0.3, -0.25) is 14.9 Å². The molecule has 0 aliphatic carbocycles. The molecule has 136 valence electrons. The minimum atomic E-state index is -0.516. The van der Waals surface area contributed by atoms with Crippen molar-refractivity contribution in [2.24, 2.45) is 0 Å². The number of hydrogen-bond acceptors (Lipinski definition) is 6. The quantitative estimate of drug-likeness (QED) is 0.407. The van der Waals surface area contributed by atoms with Crippen molar-refractivity contribution in [3.63, 3.8) is 0 Å². The molecule has 0 aliphatic rings. The van der Waals surface area contributed by atoms with Gasteiger partial charge in [-0.25, -0.2) is 0 Å². The number of hydrogen-bond donors (Lipinski definition) is 1. The highest BCUT2D eigenvalue weighted by Gasteiger charge is 2.17. The molecule has 1 amide bonds. The monoisotopic (exact) mass is 364 g/mol. The zero-order valence-electron chi connectivity index (χ0n) is 14.4. The second-order valence-corrected chi connectivity index (χ2v) is 5.74. The first-order valence-electron chi connectivity index (χ1n) is 8.15. The van der Waals surface area contributed by atoms with Gasteiger partial charge in [0.2, 0.25) is 17.6 Å². The third-order valence-corrected chi connectivity index (χ3v) is 3.71. The van der Waals surface area contributed by atoms with E-state index in [2.05, 4.69) is 15.5 Å². The second kappa shape index (κ2) is 8.05. The maximum atomic E-state index is 12.0. The van der Waals surface area contributed by atoms with Crippen LogP contribution in [0.15, 0.2) is 65.2 Å². The van der Waals surface area contributed by atoms with Gasteiger partial charge in [-0.1, -0.05) is 47.6 Å². The van der Waals surface area contributed by atoms with Gasteiger partial charge in [0.1, 0.15) is 6.04 Å².